The molecule has 1 N–H and O–H groups in total. The molecule has 1 amide bonds. The molecule has 0 saturated carbocycles. The van der Waals surface area contributed by atoms with E-state index in [0.717, 1.165) is 5.56 Å². The number of nitrogens with zero attached hydrogens (tertiary/aromatic N) is 1. The zero-order valence-electron chi connectivity index (χ0n) is 16.1. The number of hydrogen-bond acceptors (Lipinski definition) is 3. The van der Waals surface area contributed by atoms with E-state index in [-0.39, 0.29) is 30.2 Å². The van der Waals surface area contributed by atoms with E-state index >= 15 is 0 Å². The van der Waals surface area contributed by atoms with Crippen molar-refractivity contribution in [2.45, 2.75) is 31.6 Å². The molecule has 8 heteroatoms. The van der Waals surface area contributed by atoms with Crippen molar-refractivity contribution in [1.29, 1.82) is 0 Å². The van der Waals surface area contributed by atoms with Crippen LogP contribution in [0.1, 0.15) is 36.9 Å². The maximum absolute atomic E-state index is 12.9. The Bertz CT molecular complexity index is 967. The molecule has 2 atom stereocenters. The minimum absolute atomic E-state index is 0.115. The second kappa shape index (κ2) is 9.47. The van der Waals surface area contributed by atoms with Gasteiger partial charge in [0.1, 0.15) is 0 Å². The molecule has 2 unspecified atom stereocenters. The molecule has 5 nitrogen and oxygen atoms in total. The molecule has 0 radical (unpaired) electrons. The first kappa shape index (κ1) is 22.1. The lowest BCUT2D eigenvalue weighted by molar-refractivity contribution is -0.126. The second-order valence-electron chi connectivity index (χ2n) is 7.34. The van der Waals surface area contributed by atoms with E-state index in [2.05, 4.69) is 5.32 Å². The highest BCUT2D eigenvalue weighted by molar-refractivity contribution is 7.88. The molecule has 0 aromatic heterocycles. The summed E-state index contributed by atoms with van der Waals surface area (Å²) in [7, 11) is -3.56. The third-order valence-electron chi connectivity index (χ3n) is 5.14. The van der Waals surface area contributed by atoms with Gasteiger partial charge in [0.25, 0.3) is 0 Å². The fourth-order valence-corrected chi connectivity index (χ4v) is 5.42. The van der Waals surface area contributed by atoms with Gasteiger partial charge in [-0.25, -0.2) is 12.7 Å². The predicted octanol–water partition coefficient (Wildman–Crippen LogP) is 4.41. The quantitative estimate of drug-likeness (QED) is 0.702. The SMILES string of the molecule is CC(NC(=O)C1CCCN(S(=O)(=O)Cc2ccc(Cl)c(Cl)c2)C1)c1ccccc1. The molecule has 156 valence electrons. The molecular formula is C21H24Cl2N2O3S. The Kier molecular flexibility index (Phi) is 7.22. The minimum Gasteiger partial charge on any atom is -0.349 e. The molecule has 0 bridgehead atoms. The number of halogens is 2. The number of benzene rings is 2. The molecule has 1 saturated heterocycles. The summed E-state index contributed by atoms with van der Waals surface area (Å²) in [5.74, 6) is -0.646. The largest absolute Gasteiger partial charge is 0.349 e. The van der Waals surface area contributed by atoms with Gasteiger partial charge in [0.15, 0.2) is 0 Å². The monoisotopic (exact) mass is 454 g/mol. The fraction of sp³-hybridized carbons (Fsp3) is 0.381. The summed E-state index contributed by atoms with van der Waals surface area (Å²) in [4.78, 5) is 12.7. The predicted molar refractivity (Wildman–Crippen MR) is 116 cm³/mol. The molecular weight excluding hydrogens is 431 g/mol. The molecule has 3 rings (SSSR count). The molecule has 0 aliphatic carbocycles. The van der Waals surface area contributed by atoms with Crippen molar-refractivity contribution in [3.63, 3.8) is 0 Å². The van der Waals surface area contributed by atoms with Gasteiger partial charge in [-0.05, 0) is 43.0 Å². The van der Waals surface area contributed by atoms with Crippen LogP contribution in [0.15, 0.2) is 48.5 Å². The molecule has 29 heavy (non-hydrogen) atoms. The highest BCUT2D eigenvalue weighted by Crippen LogP contribution is 2.26. The van der Waals surface area contributed by atoms with Gasteiger partial charge in [-0.15, -0.1) is 0 Å². The van der Waals surface area contributed by atoms with Crippen molar-refractivity contribution in [2.75, 3.05) is 13.1 Å². The summed E-state index contributed by atoms with van der Waals surface area (Å²) < 4.78 is 27.2. The lowest BCUT2D eigenvalue weighted by Crippen LogP contribution is -2.46. The number of sulfonamides is 1. The van der Waals surface area contributed by atoms with Gasteiger partial charge >= 0.3 is 0 Å². The normalized spacial score (nSPS) is 18.9. The van der Waals surface area contributed by atoms with E-state index in [4.69, 9.17) is 23.2 Å². The third-order valence-corrected chi connectivity index (χ3v) is 7.70. The average molecular weight is 455 g/mol. The average Bonchev–Trinajstić information content (AvgIpc) is 2.71. The molecule has 1 aliphatic heterocycles. The summed E-state index contributed by atoms with van der Waals surface area (Å²) in [5, 5.41) is 3.72. The van der Waals surface area contributed by atoms with Crippen molar-refractivity contribution in [1.82, 2.24) is 9.62 Å². The number of nitrogens with one attached hydrogen (secondary N) is 1. The van der Waals surface area contributed by atoms with Gasteiger partial charge in [-0.2, -0.15) is 0 Å². The van der Waals surface area contributed by atoms with Crippen LogP contribution in [0.3, 0.4) is 0 Å². The number of carbonyl (C=O) groups is 1. The zero-order chi connectivity index (χ0) is 21.0. The zero-order valence-corrected chi connectivity index (χ0v) is 18.5. The first-order valence-corrected chi connectivity index (χ1v) is 11.9. The molecule has 1 heterocycles. The number of hydrogen-bond donors (Lipinski definition) is 1. The maximum Gasteiger partial charge on any atom is 0.224 e. The van der Waals surface area contributed by atoms with Crippen LogP contribution in [-0.4, -0.2) is 31.7 Å². The van der Waals surface area contributed by atoms with E-state index in [1.807, 2.05) is 37.3 Å². The Hall–Kier alpha value is -1.60. The topological polar surface area (TPSA) is 66.5 Å². The van der Waals surface area contributed by atoms with Crippen molar-refractivity contribution in [3.8, 4) is 0 Å². The number of carbonyl (C=O) groups excluding carboxylic acids is 1. The second-order valence-corrected chi connectivity index (χ2v) is 10.1. The molecule has 2 aromatic rings. The van der Waals surface area contributed by atoms with Crippen LogP contribution in [0.25, 0.3) is 0 Å². The standard InChI is InChI=1S/C21H24Cl2N2O3S/c1-15(17-6-3-2-4-7-17)24-21(26)18-8-5-11-25(13-18)29(27,28)14-16-9-10-19(22)20(23)12-16/h2-4,6-7,9-10,12,15,18H,5,8,11,13-14H2,1H3,(H,24,26). The molecule has 2 aromatic carbocycles. The van der Waals surface area contributed by atoms with E-state index < -0.39 is 10.0 Å². The Labute approximate surface area is 182 Å². The smallest absolute Gasteiger partial charge is 0.224 e. The lowest BCUT2D eigenvalue weighted by Gasteiger charge is -2.32. The Balaban J connectivity index is 1.64. The van der Waals surface area contributed by atoms with Gasteiger partial charge in [-0.1, -0.05) is 59.6 Å². The van der Waals surface area contributed by atoms with Gasteiger partial charge in [-0.3, -0.25) is 4.79 Å². The lowest BCUT2D eigenvalue weighted by atomic mass is 9.98. The van der Waals surface area contributed by atoms with Crippen molar-refractivity contribution in [3.05, 3.63) is 69.7 Å². The molecule has 1 aliphatic rings. The highest BCUT2D eigenvalue weighted by atomic mass is 35.5. The van der Waals surface area contributed by atoms with Crippen LogP contribution in [0.5, 0.6) is 0 Å². The van der Waals surface area contributed by atoms with Gasteiger partial charge in [0, 0.05) is 13.1 Å². The summed E-state index contributed by atoms with van der Waals surface area (Å²) in [5.41, 5.74) is 1.59. The first-order chi connectivity index (χ1) is 13.8. The summed E-state index contributed by atoms with van der Waals surface area (Å²) in [6, 6.07) is 14.4. The molecule has 0 spiro atoms. The Morgan fingerprint density at radius 3 is 2.59 bits per heavy atom. The summed E-state index contributed by atoms with van der Waals surface area (Å²) in [6.07, 6.45) is 1.32. The fourth-order valence-electron chi connectivity index (χ4n) is 3.50. The van der Waals surface area contributed by atoms with E-state index in [1.54, 1.807) is 18.2 Å². The number of amides is 1. The van der Waals surface area contributed by atoms with Crippen molar-refractivity contribution >= 4 is 39.1 Å². The van der Waals surface area contributed by atoms with E-state index in [9.17, 15) is 13.2 Å². The van der Waals surface area contributed by atoms with Crippen LogP contribution in [-0.2, 0) is 20.6 Å². The Morgan fingerprint density at radius 1 is 1.17 bits per heavy atom. The molecule has 1 fully saturated rings. The van der Waals surface area contributed by atoms with Gasteiger partial charge in [0.2, 0.25) is 15.9 Å². The van der Waals surface area contributed by atoms with E-state index in [1.165, 1.54) is 4.31 Å². The van der Waals surface area contributed by atoms with Crippen LogP contribution in [0, 0.1) is 5.92 Å². The minimum atomic E-state index is -3.56. The van der Waals surface area contributed by atoms with Crippen LogP contribution in [0.2, 0.25) is 10.0 Å². The van der Waals surface area contributed by atoms with E-state index in [0.29, 0.717) is 35.0 Å². The number of rotatable bonds is 6. The Morgan fingerprint density at radius 2 is 1.90 bits per heavy atom. The summed E-state index contributed by atoms with van der Waals surface area (Å²) >= 11 is 11.9. The van der Waals surface area contributed by atoms with Crippen LogP contribution >= 0.6 is 23.2 Å². The van der Waals surface area contributed by atoms with Gasteiger partial charge in [0.05, 0.1) is 27.8 Å². The van der Waals surface area contributed by atoms with Crippen LogP contribution in [0.4, 0.5) is 0 Å². The summed E-state index contributed by atoms with van der Waals surface area (Å²) in [6.45, 7) is 2.54. The van der Waals surface area contributed by atoms with Crippen molar-refractivity contribution in [2.24, 2.45) is 5.92 Å². The maximum atomic E-state index is 12.9. The van der Waals surface area contributed by atoms with Gasteiger partial charge < -0.3 is 5.32 Å². The highest BCUT2D eigenvalue weighted by Gasteiger charge is 2.33. The number of piperidine rings is 1. The van der Waals surface area contributed by atoms with Crippen LogP contribution < -0.4 is 5.32 Å². The third kappa shape index (κ3) is 5.72. The van der Waals surface area contributed by atoms with Crippen molar-refractivity contribution < 1.29 is 13.2 Å². The first-order valence-electron chi connectivity index (χ1n) is 9.53.